The number of thiophene rings is 1. The monoisotopic (exact) mass is 386 g/mol. The lowest BCUT2D eigenvalue weighted by atomic mass is 10.2. The molecule has 0 fully saturated rings. The van der Waals surface area contributed by atoms with Crippen molar-refractivity contribution in [2.24, 2.45) is 0 Å². The molecule has 1 N–H and O–H groups in total. The highest BCUT2D eigenvalue weighted by Gasteiger charge is 2.10. The van der Waals surface area contributed by atoms with Crippen LogP contribution in [0, 0.1) is 0 Å². The van der Waals surface area contributed by atoms with E-state index in [0.29, 0.717) is 17.2 Å². The number of aromatic nitrogens is 1. The van der Waals surface area contributed by atoms with E-state index in [1.807, 2.05) is 18.2 Å². The number of nitrogens with one attached hydrogen (secondary N) is 1. The molecule has 4 nitrogen and oxygen atoms in total. The first-order valence-corrected chi connectivity index (χ1v) is 9.32. The molecule has 0 radical (unpaired) electrons. The normalized spacial score (nSPS) is 11.3. The molecule has 0 spiro atoms. The second-order valence-corrected chi connectivity index (χ2v) is 7.23. The quantitative estimate of drug-likeness (QED) is 0.447. The smallest absolute Gasteiger partial charge is 0.251 e. The maximum atomic E-state index is 13.3. The Labute approximate surface area is 158 Å². The highest BCUT2D eigenvalue weighted by molar-refractivity contribution is 7.16. The molecule has 0 aliphatic heterocycles. The van der Waals surface area contributed by atoms with Crippen molar-refractivity contribution in [1.29, 1.82) is 0 Å². The maximum Gasteiger partial charge on any atom is 0.251 e. The number of fused-ring (bicyclic) bond motifs is 1. The first-order valence-electron chi connectivity index (χ1n) is 7.62. The van der Waals surface area contributed by atoms with E-state index >= 15 is 0 Å². The number of hydrogen-bond donors (Lipinski definition) is 1. The molecule has 0 aliphatic rings. The van der Waals surface area contributed by atoms with Gasteiger partial charge >= 0.3 is 0 Å². The van der Waals surface area contributed by atoms with Crippen molar-refractivity contribution in [3.05, 3.63) is 83.2 Å². The van der Waals surface area contributed by atoms with Gasteiger partial charge in [-0.1, -0.05) is 19.2 Å². The Balaban J connectivity index is 1.62. The fraction of sp³-hybridized carbons (Fsp3) is 0.0526. The number of ether oxygens (including phenoxy) is 1. The van der Waals surface area contributed by atoms with Gasteiger partial charge in [-0.15, -0.1) is 22.7 Å². The summed E-state index contributed by atoms with van der Waals surface area (Å²) in [7, 11) is 0. The van der Waals surface area contributed by atoms with Crippen LogP contribution in [0.15, 0.2) is 72.7 Å². The van der Waals surface area contributed by atoms with Crippen molar-refractivity contribution in [3.8, 4) is 5.06 Å². The van der Waals surface area contributed by atoms with E-state index in [1.54, 1.807) is 17.6 Å². The summed E-state index contributed by atoms with van der Waals surface area (Å²) >= 11 is 2.81. The number of hydrogen-bond acceptors (Lipinski definition) is 5. The average Bonchev–Trinajstić information content (AvgIpc) is 3.27. The number of carbonyl (C=O) groups excluding carboxylic acids is 1. The summed E-state index contributed by atoms with van der Waals surface area (Å²) in [4.78, 5) is 17.4. The van der Waals surface area contributed by atoms with Crippen molar-refractivity contribution in [2.75, 3.05) is 0 Å². The van der Waals surface area contributed by atoms with Crippen LogP contribution < -0.4 is 10.1 Å². The lowest BCUT2D eigenvalue weighted by molar-refractivity contribution is 0.0951. The molecule has 0 aliphatic carbocycles. The zero-order chi connectivity index (χ0) is 18.5. The van der Waals surface area contributed by atoms with Gasteiger partial charge in [-0.2, -0.15) is 0 Å². The van der Waals surface area contributed by atoms with Crippen molar-refractivity contribution in [2.45, 2.75) is 6.54 Å². The van der Waals surface area contributed by atoms with Gasteiger partial charge in [-0.25, -0.2) is 9.37 Å². The van der Waals surface area contributed by atoms with Crippen LogP contribution in [-0.2, 0) is 6.54 Å². The van der Waals surface area contributed by atoms with Gasteiger partial charge in [0.25, 0.3) is 5.91 Å². The third-order valence-electron chi connectivity index (χ3n) is 3.40. The van der Waals surface area contributed by atoms with Crippen LogP contribution in [0.25, 0.3) is 10.2 Å². The molecular weight excluding hydrogens is 371 g/mol. The molecule has 0 bridgehead atoms. The van der Waals surface area contributed by atoms with E-state index in [2.05, 4.69) is 23.5 Å². The zero-order valence-corrected chi connectivity index (χ0v) is 15.3. The topological polar surface area (TPSA) is 51.2 Å². The standard InChI is InChI=1S/C19H15FN2O2S2/c1-3-4-16(12(2)20)24-18-8-6-14(26-18)10-21-19(23)13-5-7-15-17(9-13)25-11-22-15/h3-9,11H,1-2,10H2,(H,21,23)/b16-4+. The largest absolute Gasteiger partial charge is 0.444 e. The summed E-state index contributed by atoms with van der Waals surface area (Å²) in [6.45, 7) is 7.09. The van der Waals surface area contributed by atoms with Crippen LogP contribution in [-0.4, -0.2) is 10.9 Å². The van der Waals surface area contributed by atoms with E-state index in [4.69, 9.17) is 4.74 Å². The van der Waals surface area contributed by atoms with E-state index in [-0.39, 0.29) is 11.7 Å². The van der Waals surface area contributed by atoms with Gasteiger partial charge in [0.05, 0.1) is 22.3 Å². The highest BCUT2D eigenvalue weighted by atomic mass is 32.1. The van der Waals surface area contributed by atoms with Crippen LogP contribution in [0.1, 0.15) is 15.2 Å². The number of thiazole rings is 1. The van der Waals surface area contributed by atoms with Crippen LogP contribution in [0.4, 0.5) is 4.39 Å². The van der Waals surface area contributed by atoms with Crippen molar-refractivity contribution < 1.29 is 13.9 Å². The van der Waals surface area contributed by atoms with E-state index in [0.717, 1.165) is 15.1 Å². The van der Waals surface area contributed by atoms with Crippen molar-refractivity contribution in [3.63, 3.8) is 0 Å². The van der Waals surface area contributed by atoms with Crippen LogP contribution in [0.3, 0.4) is 0 Å². The lowest BCUT2D eigenvalue weighted by Gasteiger charge is -2.05. The predicted molar refractivity (Wildman–Crippen MR) is 104 cm³/mol. The molecule has 0 saturated carbocycles. The molecule has 1 amide bonds. The molecule has 1 aromatic carbocycles. The molecule has 26 heavy (non-hydrogen) atoms. The Morgan fingerprint density at radius 1 is 1.35 bits per heavy atom. The van der Waals surface area contributed by atoms with Crippen LogP contribution in [0.5, 0.6) is 5.06 Å². The van der Waals surface area contributed by atoms with Gasteiger partial charge in [0.15, 0.2) is 16.6 Å². The number of halogens is 1. The molecule has 0 saturated heterocycles. The molecule has 0 unspecified atom stereocenters. The lowest BCUT2D eigenvalue weighted by Crippen LogP contribution is -2.22. The summed E-state index contributed by atoms with van der Waals surface area (Å²) in [6.07, 6.45) is 2.83. The van der Waals surface area contributed by atoms with Gasteiger partial charge in [0, 0.05) is 10.4 Å². The first-order chi connectivity index (χ1) is 12.6. The molecular formula is C19H15FN2O2S2. The summed E-state index contributed by atoms with van der Waals surface area (Å²) in [5.41, 5.74) is 3.21. The number of benzene rings is 1. The zero-order valence-electron chi connectivity index (χ0n) is 13.7. The third kappa shape index (κ3) is 4.25. The molecule has 2 heterocycles. The van der Waals surface area contributed by atoms with Crippen LogP contribution in [0.2, 0.25) is 0 Å². The van der Waals surface area contributed by atoms with Gasteiger partial charge in [-0.05, 0) is 36.4 Å². The summed E-state index contributed by atoms with van der Waals surface area (Å²) in [5.74, 6) is -0.831. The Bertz CT molecular complexity index is 1000. The number of nitrogens with zero attached hydrogens (tertiary/aromatic N) is 1. The summed E-state index contributed by atoms with van der Waals surface area (Å²) < 4.78 is 19.7. The second-order valence-electron chi connectivity index (χ2n) is 5.21. The molecule has 3 aromatic rings. The maximum absolute atomic E-state index is 13.3. The van der Waals surface area contributed by atoms with Gasteiger partial charge in [0.1, 0.15) is 0 Å². The first kappa shape index (κ1) is 18.0. The number of rotatable bonds is 7. The SMILES string of the molecule is C=C/C=C(/Oc1ccc(CNC(=O)c2ccc3ncsc3c2)s1)C(=C)F. The van der Waals surface area contributed by atoms with Gasteiger partial charge < -0.3 is 10.1 Å². The highest BCUT2D eigenvalue weighted by Crippen LogP contribution is 2.28. The summed E-state index contributed by atoms with van der Waals surface area (Å²) in [5, 5.41) is 3.37. The third-order valence-corrected chi connectivity index (χ3v) is 5.16. The predicted octanol–water partition coefficient (Wildman–Crippen LogP) is 5.22. The fourth-order valence-corrected chi connectivity index (χ4v) is 3.69. The average molecular weight is 386 g/mol. The number of allylic oxidation sites excluding steroid dienone is 3. The Morgan fingerprint density at radius 2 is 2.19 bits per heavy atom. The number of amides is 1. The molecule has 7 heteroatoms. The molecule has 3 rings (SSSR count). The minimum atomic E-state index is -0.674. The Kier molecular flexibility index (Phi) is 5.60. The van der Waals surface area contributed by atoms with Gasteiger partial charge in [0.2, 0.25) is 0 Å². The van der Waals surface area contributed by atoms with Crippen molar-refractivity contribution in [1.82, 2.24) is 10.3 Å². The van der Waals surface area contributed by atoms with Gasteiger partial charge in [-0.3, -0.25) is 4.79 Å². The minimum absolute atomic E-state index is 0.00953. The van der Waals surface area contributed by atoms with E-state index in [1.165, 1.54) is 34.8 Å². The van der Waals surface area contributed by atoms with Crippen LogP contribution >= 0.6 is 22.7 Å². The minimum Gasteiger partial charge on any atom is -0.444 e. The van der Waals surface area contributed by atoms with Crippen molar-refractivity contribution >= 4 is 38.8 Å². The van der Waals surface area contributed by atoms with E-state index < -0.39 is 5.83 Å². The fourth-order valence-electron chi connectivity index (χ4n) is 2.17. The molecule has 0 atom stereocenters. The Morgan fingerprint density at radius 3 is 2.96 bits per heavy atom. The molecule has 2 aromatic heterocycles. The number of carbonyl (C=O) groups is 1. The Hall–Kier alpha value is -2.77. The second kappa shape index (κ2) is 8.07. The van der Waals surface area contributed by atoms with E-state index in [9.17, 15) is 9.18 Å². The molecule has 132 valence electrons. The summed E-state index contributed by atoms with van der Waals surface area (Å²) in [6, 6.07) is 8.94.